The summed E-state index contributed by atoms with van der Waals surface area (Å²) in [6.45, 7) is 5.80. The highest BCUT2D eigenvalue weighted by atomic mass is 16.1. The van der Waals surface area contributed by atoms with E-state index < -0.39 is 0 Å². The van der Waals surface area contributed by atoms with Crippen molar-refractivity contribution in [2.45, 2.75) is 26.7 Å². The Balaban J connectivity index is 2.42. The van der Waals surface area contributed by atoms with Crippen LogP contribution in [-0.4, -0.2) is 19.0 Å². The number of hydrogen-bond acceptors (Lipinski definition) is 2. The molecule has 1 fully saturated rings. The molecule has 0 aromatic heterocycles. The van der Waals surface area contributed by atoms with Gasteiger partial charge in [-0.2, -0.15) is 0 Å². The Kier molecular flexibility index (Phi) is 3.72. The molecule has 13 heavy (non-hydrogen) atoms. The smallest absolute Gasteiger partial charge is 0.223 e. The van der Waals surface area contributed by atoms with Crippen molar-refractivity contribution < 1.29 is 4.79 Å². The monoisotopic (exact) mass is 184 g/mol. The first-order chi connectivity index (χ1) is 6.13. The largest absolute Gasteiger partial charge is 0.356 e. The molecule has 0 spiro atoms. The lowest BCUT2D eigenvalue weighted by atomic mass is 9.85. The van der Waals surface area contributed by atoms with Crippen LogP contribution in [0.25, 0.3) is 0 Å². The maximum Gasteiger partial charge on any atom is 0.223 e. The molecule has 0 aromatic carbocycles. The van der Waals surface area contributed by atoms with Gasteiger partial charge in [0.15, 0.2) is 0 Å². The minimum atomic E-state index is 0.197. The van der Waals surface area contributed by atoms with Gasteiger partial charge in [0.25, 0.3) is 0 Å². The standard InChI is InChI=1S/C10H20N2O/c1-7(5-11)3-9-4-8(2)6-12-10(9)13/h7-9H,3-6,11H2,1-2H3,(H,12,13). The number of carbonyl (C=O) groups excluding carboxylic acids is 1. The first-order valence-electron chi connectivity index (χ1n) is 5.11. The predicted octanol–water partition coefficient (Wildman–Crippen LogP) is 0.744. The molecule has 1 amide bonds. The Morgan fingerprint density at radius 2 is 2.38 bits per heavy atom. The molecule has 0 aliphatic carbocycles. The van der Waals surface area contributed by atoms with Crippen molar-refractivity contribution in [2.75, 3.05) is 13.1 Å². The summed E-state index contributed by atoms with van der Waals surface area (Å²) in [5.74, 6) is 1.49. The van der Waals surface area contributed by atoms with Gasteiger partial charge in [-0.1, -0.05) is 13.8 Å². The van der Waals surface area contributed by atoms with Crippen molar-refractivity contribution in [3.63, 3.8) is 0 Å². The van der Waals surface area contributed by atoms with Crippen LogP contribution in [0.5, 0.6) is 0 Å². The maximum absolute atomic E-state index is 11.4. The second kappa shape index (κ2) is 4.61. The Hall–Kier alpha value is -0.570. The van der Waals surface area contributed by atoms with E-state index in [-0.39, 0.29) is 11.8 Å². The van der Waals surface area contributed by atoms with Gasteiger partial charge in [0, 0.05) is 12.5 Å². The summed E-state index contributed by atoms with van der Waals surface area (Å²) in [6.07, 6.45) is 1.96. The Morgan fingerprint density at radius 1 is 1.69 bits per heavy atom. The highest BCUT2D eigenvalue weighted by molar-refractivity contribution is 5.79. The molecule has 1 saturated heterocycles. The number of amides is 1. The number of piperidine rings is 1. The van der Waals surface area contributed by atoms with Gasteiger partial charge < -0.3 is 11.1 Å². The van der Waals surface area contributed by atoms with E-state index in [1.54, 1.807) is 0 Å². The first kappa shape index (κ1) is 10.5. The molecule has 3 atom stereocenters. The van der Waals surface area contributed by atoms with Crippen LogP contribution in [0.4, 0.5) is 0 Å². The van der Waals surface area contributed by atoms with Gasteiger partial charge in [0.05, 0.1) is 0 Å². The number of rotatable bonds is 3. The lowest BCUT2D eigenvalue weighted by molar-refractivity contribution is -0.128. The van der Waals surface area contributed by atoms with Crippen molar-refractivity contribution in [3.05, 3.63) is 0 Å². The minimum absolute atomic E-state index is 0.197. The number of nitrogens with one attached hydrogen (secondary N) is 1. The van der Waals surface area contributed by atoms with Gasteiger partial charge in [-0.3, -0.25) is 4.79 Å². The summed E-state index contributed by atoms with van der Waals surface area (Å²) < 4.78 is 0. The van der Waals surface area contributed by atoms with Crippen molar-refractivity contribution in [1.82, 2.24) is 5.32 Å². The van der Waals surface area contributed by atoms with E-state index >= 15 is 0 Å². The zero-order valence-electron chi connectivity index (χ0n) is 8.55. The van der Waals surface area contributed by atoms with Gasteiger partial charge >= 0.3 is 0 Å². The number of hydrogen-bond donors (Lipinski definition) is 2. The van der Waals surface area contributed by atoms with Gasteiger partial charge in [-0.25, -0.2) is 0 Å². The van der Waals surface area contributed by atoms with Crippen LogP contribution in [0.1, 0.15) is 26.7 Å². The van der Waals surface area contributed by atoms with Crippen LogP contribution in [0.15, 0.2) is 0 Å². The quantitative estimate of drug-likeness (QED) is 0.680. The molecule has 3 heteroatoms. The van der Waals surface area contributed by atoms with Gasteiger partial charge in [0.1, 0.15) is 0 Å². The minimum Gasteiger partial charge on any atom is -0.356 e. The van der Waals surface area contributed by atoms with E-state index in [0.717, 1.165) is 19.4 Å². The molecule has 3 N–H and O–H groups in total. The second-order valence-corrected chi connectivity index (χ2v) is 4.36. The Morgan fingerprint density at radius 3 is 3.00 bits per heavy atom. The second-order valence-electron chi connectivity index (χ2n) is 4.36. The molecule has 0 bridgehead atoms. The molecule has 0 radical (unpaired) electrons. The highest BCUT2D eigenvalue weighted by Crippen LogP contribution is 2.23. The fourth-order valence-corrected chi connectivity index (χ4v) is 1.88. The zero-order chi connectivity index (χ0) is 9.84. The molecule has 3 nitrogen and oxygen atoms in total. The van der Waals surface area contributed by atoms with E-state index in [9.17, 15) is 4.79 Å². The van der Waals surface area contributed by atoms with Crippen LogP contribution in [-0.2, 0) is 4.79 Å². The Labute approximate surface area is 80.1 Å². The Bertz CT molecular complexity index is 182. The van der Waals surface area contributed by atoms with Crippen LogP contribution in [0.3, 0.4) is 0 Å². The van der Waals surface area contributed by atoms with Crippen LogP contribution in [0, 0.1) is 17.8 Å². The topological polar surface area (TPSA) is 55.1 Å². The lowest BCUT2D eigenvalue weighted by Crippen LogP contribution is -2.41. The van der Waals surface area contributed by atoms with Crippen molar-refractivity contribution in [3.8, 4) is 0 Å². The molecule has 0 saturated carbocycles. The SMILES string of the molecule is CC(CN)CC1CC(C)CNC1=O. The van der Waals surface area contributed by atoms with Crippen LogP contribution >= 0.6 is 0 Å². The summed E-state index contributed by atoms with van der Waals surface area (Å²) >= 11 is 0. The summed E-state index contributed by atoms with van der Waals surface area (Å²) in [7, 11) is 0. The van der Waals surface area contributed by atoms with Crippen LogP contribution < -0.4 is 11.1 Å². The summed E-state index contributed by atoms with van der Waals surface area (Å²) in [5.41, 5.74) is 5.54. The normalized spacial score (nSPS) is 31.2. The van der Waals surface area contributed by atoms with E-state index in [1.807, 2.05) is 0 Å². The molecule has 1 aliphatic rings. The lowest BCUT2D eigenvalue weighted by Gasteiger charge is -2.28. The number of carbonyl (C=O) groups is 1. The number of nitrogens with two attached hydrogens (primary N) is 1. The van der Waals surface area contributed by atoms with Gasteiger partial charge in [0.2, 0.25) is 5.91 Å². The molecule has 3 unspecified atom stereocenters. The van der Waals surface area contributed by atoms with E-state index in [0.29, 0.717) is 18.4 Å². The van der Waals surface area contributed by atoms with E-state index in [4.69, 9.17) is 5.73 Å². The average molecular weight is 184 g/mol. The first-order valence-corrected chi connectivity index (χ1v) is 5.11. The molecule has 0 aromatic rings. The average Bonchev–Trinajstić information content (AvgIpc) is 2.11. The predicted molar refractivity (Wildman–Crippen MR) is 53.1 cm³/mol. The fraction of sp³-hybridized carbons (Fsp3) is 0.900. The van der Waals surface area contributed by atoms with E-state index in [1.165, 1.54) is 0 Å². The van der Waals surface area contributed by atoms with Crippen molar-refractivity contribution in [2.24, 2.45) is 23.5 Å². The highest BCUT2D eigenvalue weighted by Gasteiger charge is 2.26. The summed E-state index contributed by atoms with van der Waals surface area (Å²) in [5, 5.41) is 2.93. The maximum atomic E-state index is 11.4. The van der Waals surface area contributed by atoms with Gasteiger partial charge in [-0.05, 0) is 31.2 Å². The third-order valence-electron chi connectivity index (χ3n) is 2.77. The fourth-order valence-electron chi connectivity index (χ4n) is 1.88. The molecular weight excluding hydrogens is 164 g/mol. The molecule has 76 valence electrons. The van der Waals surface area contributed by atoms with Crippen LogP contribution in [0.2, 0.25) is 0 Å². The molecular formula is C10H20N2O. The zero-order valence-corrected chi connectivity index (χ0v) is 8.55. The van der Waals surface area contributed by atoms with Crippen molar-refractivity contribution in [1.29, 1.82) is 0 Å². The van der Waals surface area contributed by atoms with E-state index in [2.05, 4.69) is 19.2 Å². The molecule has 1 aliphatic heterocycles. The van der Waals surface area contributed by atoms with Gasteiger partial charge in [-0.15, -0.1) is 0 Å². The molecule has 1 heterocycles. The summed E-state index contributed by atoms with van der Waals surface area (Å²) in [4.78, 5) is 11.4. The third-order valence-corrected chi connectivity index (χ3v) is 2.77. The van der Waals surface area contributed by atoms with Crippen molar-refractivity contribution >= 4 is 5.91 Å². The summed E-state index contributed by atoms with van der Waals surface area (Å²) in [6, 6.07) is 0. The third kappa shape index (κ3) is 2.99. The molecule has 1 rings (SSSR count).